The van der Waals surface area contributed by atoms with Gasteiger partial charge in [0.25, 0.3) is 5.69 Å². The highest BCUT2D eigenvalue weighted by atomic mass is 35.5. The van der Waals surface area contributed by atoms with Crippen LogP contribution in [0.2, 0.25) is 0 Å². The van der Waals surface area contributed by atoms with Crippen LogP contribution >= 0.6 is 11.6 Å². The van der Waals surface area contributed by atoms with Gasteiger partial charge in [-0.1, -0.05) is 49.2 Å². The van der Waals surface area contributed by atoms with Crippen LogP contribution in [-0.2, 0) is 20.9 Å². The molecule has 62 heavy (non-hydrogen) atoms. The molecule has 332 valence electrons. The second kappa shape index (κ2) is 22.2. The third-order valence-corrected chi connectivity index (χ3v) is 12.0. The fourth-order valence-electron chi connectivity index (χ4n) is 9.22. The van der Waals surface area contributed by atoms with Crippen LogP contribution < -0.4 is 9.47 Å². The smallest absolute Gasteiger partial charge is 0.410 e. The minimum absolute atomic E-state index is 0.00495. The lowest BCUT2D eigenvalue weighted by Crippen LogP contribution is -2.70. The molecule has 0 saturated heterocycles. The molecule has 0 radical (unpaired) electrons. The van der Waals surface area contributed by atoms with Crippen molar-refractivity contribution in [2.75, 3.05) is 38.9 Å². The van der Waals surface area contributed by atoms with E-state index in [4.69, 9.17) is 40.5 Å². The van der Waals surface area contributed by atoms with Gasteiger partial charge in [0.1, 0.15) is 42.8 Å². The number of fused-ring (bicyclic) bond motifs is 2. The summed E-state index contributed by atoms with van der Waals surface area (Å²) in [5, 5.41) is 35.9. The zero-order valence-corrected chi connectivity index (χ0v) is 35.8. The van der Waals surface area contributed by atoms with Gasteiger partial charge in [-0.15, -0.1) is 18.2 Å². The summed E-state index contributed by atoms with van der Waals surface area (Å²) in [6.45, 7) is 6.46. The van der Waals surface area contributed by atoms with E-state index in [-0.39, 0.29) is 68.8 Å². The number of allylic oxidation sites excluding steroid dienone is 1. The van der Waals surface area contributed by atoms with Gasteiger partial charge in [-0.3, -0.25) is 19.8 Å². The Morgan fingerprint density at radius 1 is 1.06 bits per heavy atom. The van der Waals surface area contributed by atoms with Crippen LogP contribution in [0, 0.1) is 27.9 Å². The molecule has 2 aliphatic carbocycles. The number of unbranched alkanes of at least 4 members (excludes halogenated alkanes) is 2. The molecule has 3 aliphatic rings. The summed E-state index contributed by atoms with van der Waals surface area (Å²) in [5.41, 5.74) is 3.40. The minimum atomic E-state index is -1.49. The minimum Gasteiger partial charge on any atom is -0.459 e. The maximum absolute atomic E-state index is 14.2. The molecule has 6 atom stereocenters. The van der Waals surface area contributed by atoms with Crippen molar-refractivity contribution in [1.82, 2.24) is 4.90 Å². The number of non-ortho nitro benzene ring substituents is 1. The van der Waals surface area contributed by atoms with Gasteiger partial charge < -0.3 is 34.0 Å². The Morgan fingerprint density at radius 3 is 2.52 bits per heavy atom. The molecule has 3 aromatic carbocycles. The molecule has 0 bridgehead atoms. The number of hydrogen-bond acceptors (Lipinski definition) is 12. The molecule has 14 nitrogen and oxygen atoms in total. The van der Waals surface area contributed by atoms with E-state index in [2.05, 4.69) is 12.7 Å². The number of carbonyl (C=O) groups is 2. The summed E-state index contributed by atoms with van der Waals surface area (Å²) in [6.07, 6.45) is 9.06. The maximum atomic E-state index is 14.2. The predicted molar refractivity (Wildman–Crippen MR) is 234 cm³/mol. The molecule has 0 spiro atoms. The van der Waals surface area contributed by atoms with Crippen LogP contribution in [0.3, 0.4) is 0 Å². The van der Waals surface area contributed by atoms with Crippen LogP contribution in [-0.4, -0.2) is 88.8 Å². The average Bonchev–Trinajstić information content (AvgIpc) is 3.28. The van der Waals surface area contributed by atoms with E-state index in [0.717, 1.165) is 43.1 Å². The van der Waals surface area contributed by atoms with Gasteiger partial charge in [0.2, 0.25) is 5.79 Å². The van der Waals surface area contributed by atoms with Crippen molar-refractivity contribution in [3.8, 4) is 17.2 Å². The molecule has 1 fully saturated rings. The standard InChI is InChI=1S/C47H56ClN3O11/c1-3-21-50(46(55)58-25-20-48)43-29-41(49-60-31-32-14-16-35(17-15-32)51(56)57)39-27-34(11-5-7-22-52)38(13-6-8-23-53)44-40-28-37(61-36-12-9-10-33(26-36)30-54)18-19-42(40)62-47(43,45(39)44)59-24-4-2/h4,9-10,12,14-19,26-28,30,34,38,43-45,52-53H,2-3,5-8,11,13,20-25,29,31H2,1H3/t34-,38+,43-,44+,45+,47+/m0/s1. The van der Waals surface area contributed by atoms with Gasteiger partial charge in [-0.25, -0.2) is 4.79 Å². The van der Waals surface area contributed by atoms with Gasteiger partial charge in [-0.2, -0.15) is 0 Å². The maximum Gasteiger partial charge on any atom is 0.410 e. The molecular weight excluding hydrogens is 818 g/mol. The number of nitro benzene ring substituents is 1. The number of oxime groups is 1. The first-order valence-corrected chi connectivity index (χ1v) is 21.9. The molecule has 2 N–H and O–H groups in total. The van der Waals surface area contributed by atoms with E-state index in [9.17, 15) is 29.9 Å². The Kier molecular flexibility index (Phi) is 16.5. The first-order chi connectivity index (χ1) is 30.2. The molecule has 0 aromatic heterocycles. The molecule has 3 aromatic rings. The monoisotopic (exact) mass is 873 g/mol. The van der Waals surface area contributed by atoms with Gasteiger partial charge in [0.15, 0.2) is 0 Å². The number of aldehydes is 1. The zero-order chi connectivity index (χ0) is 44.1. The van der Waals surface area contributed by atoms with Crippen molar-refractivity contribution in [3.05, 3.63) is 118 Å². The third-order valence-electron chi connectivity index (χ3n) is 11.8. The molecule has 1 saturated carbocycles. The Morgan fingerprint density at radius 2 is 1.82 bits per heavy atom. The van der Waals surface area contributed by atoms with Gasteiger partial charge in [0, 0.05) is 55.4 Å². The lowest BCUT2D eigenvalue weighted by molar-refractivity contribution is -0.384. The largest absolute Gasteiger partial charge is 0.459 e. The van der Waals surface area contributed by atoms with Gasteiger partial charge in [-0.05, 0) is 97.5 Å². The fraction of sp³-hybridized carbons (Fsp3) is 0.468. The van der Waals surface area contributed by atoms with E-state index in [1.165, 1.54) is 12.1 Å². The Hall–Kier alpha value is -5.28. The lowest BCUT2D eigenvalue weighted by Gasteiger charge is -2.59. The van der Waals surface area contributed by atoms with E-state index >= 15 is 0 Å². The van der Waals surface area contributed by atoms with Crippen molar-refractivity contribution >= 4 is 35.4 Å². The quantitative estimate of drug-likeness (QED) is 0.0232. The topological polar surface area (TPSA) is 179 Å². The summed E-state index contributed by atoms with van der Waals surface area (Å²) in [7, 11) is 0. The number of halogens is 1. The SMILES string of the molecule is C=CCO[C@@]12Oc3ccc(Oc4cccc(C=O)c4)cc3[C@H]3[C@H](CCCCO)[C@@H](CCCCO)C=C(C(=NOCc4ccc([N+](=O)[O-])cc4)C[C@@H]1N(CCC)C(=O)OCCCl)[C@H]32. The number of ether oxygens (including phenoxy) is 4. The van der Waals surface area contributed by atoms with E-state index in [0.29, 0.717) is 59.9 Å². The van der Waals surface area contributed by atoms with Crippen molar-refractivity contribution in [2.45, 2.75) is 82.6 Å². The van der Waals surface area contributed by atoms with E-state index < -0.39 is 28.8 Å². The third kappa shape index (κ3) is 10.5. The predicted octanol–water partition coefficient (Wildman–Crippen LogP) is 9.12. The number of carbonyl (C=O) groups excluding carboxylic acids is 2. The molecular formula is C47H56ClN3O11. The summed E-state index contributed by atoms with van der Waals surface area (Å²) >= 11 is 6.01. The van der Waals surface area contributed by atoms with Crippen LogP contribution in [0.15, 0.2) is 96.2 Å². The fourth-order valence-corrected chi connectivity index (χ4v) is 9.30. The first-order valence-electron chi connectivity index (χ1n) is 21.4. The second-order valence-electron chi connectivity index (χ2n) is 15.8. The Bertz CT molecular complexity index is 2080. The number of hydrogen-bond donors (Lipinski definition) is 2. The van der Waals surface area contributed by atoms with E-state index in [1.54, 1.807) is 47.4 Å². The summed E-state index contributed by atoms with van der Waals surface area (Å²) in [4.78, 5) is 44.4. The highest BCUT2D eigenvalue weighted by Crippen LogP contribution is 2.62. The number of nitro groups is 1. The van der Waals surface area contributed by atoms with Crippen molar-refractivity contribution in [1.29, 1.82) is 0 Å². The van der Waals surface area contributed by atoms with Crippen molar-refractivity contribution in [2.24, 2.45) is 22.9 Å². The van der Waals surface area contributed by atoms with Crippen LogP contribution in [0.4, 0.5) is 10.5 Å². The number of rotatable bonds is 23. The average molecular weight is 874 g/mol. The van der Waals surface area contributed by atoms with Crippen LogP contribution in [0.25, 0.3) is 0 Å². The number of nitrogens with zero attached hydrogens (tertiary/aromatic N) is 3. The highest BCUT2D eigenvalue weighted by Gasteiger charge is 2.65. The number of alkyl halides is 1. The Balaban J connectivity index is 1.56. The summed E-state index contributed by atoms with van der Waals surface area (Å²) in [5.74, 6) is -0.728. The molecule has 6 rings (SSSR count). The first kappa shape index (κ1) is 46.2. The van der Waals surface area contributed by atoms with Crippen LogP contribution in [0.5, 0.6) is 17.2 Å². The number of amides is 1. The number of aliphatic hydroxyl groups is 2. The zero-order valence-electron chi connectivity index (χ0n) is 35.1. The molecule has 1 amide bonds. The van der Waals surface area contributed by atoms with Crippen molar-refractivity contribution < 1.29 is 48.5 Å². The number of aliphatic hydroxyl groups excluding tert-OH is 2. The Labute approximate surface area is 367 Å². The molecule has 0 unspecified atom stereocenters. The van der Waals surface area contributed by atoms with Crippen molar-refractivity contribution in [3.63, 3.8) is 0 Å². The van der Waals surface area contributed by atoms with E-state index in [1.807, 2.05) is 25.1 Å². The second-order valence-corrected chi connectivity index (χ2v) is 16.1. The lowest BCUT2D eigenvalue weighted by atomic mass is 9.55. The van der Waals surface area contributed by atoms with Gasteiger partial charge in [0.05, 0.1) is 29.0 Å². The number of benzene rings is 3. The normalized spacial score (nSPS) is 22.9. The van der Waals surface area contributed by atoms with Crippen LogP contribution in [0.1, 0.15) is 85.7 Å². The molecule has 1 aliphatic heterocycles. The summed E-state index contributed by atoms with van der Waals surface area (Å²) in [6, 6.07) is 17.8. The highest BCUT2D eigenvalue weighted by molar-refractivity contribution is 6.18. The molecule has 1 heterocycles. The summed E-state index contributed by atoms with van der Waals surface area (Å²) < 4.78 is 26.3. The molecule has 15 heteroatoms. The van der Waals surface area contributed by atoms with Gasteiger partial charge >= 0.3 is 6.09 Å².